The van der Waals surface area contributed by atoms with Gasteiger partial charge in [0.15, 0.2) is 11.5 Å². The minimum atomic E-state index is -0.959. The number of nitrogens with zero attached hydrogens (tertiary/aromatic N) is 2. The van der Waals surface area contributed by atoms with Gasteiger partial charge in [0.2, 0.25) is 0 Å². The van der Waals surface area contributed by atoms with Crippen molar-refractivity contribution in [2.75, 3.05) is 13.1 Å². The Kier molecular flexibility index (Phi) is 3.68. The predicted octanol–water partition coefficient (Wildman–Crippen LogP) is 2.75. The van der Waals surface area contributed by atoms with Crippen LogP contribution in [0.5, 0.6) is 11.5 Å². The Bertz CT molecular complexity index is 1230. The number of ether oxygens (including phenoxy) is 1. The zero-order chi connectivity index (χ0) is 22.7. The fourth-order valence-electron chi connectivity index (χ4n) is 8.08. The number of phenols is 1. The molecule has 6 heteroatoms. The SMILES string of the molecule is C=CCN1CC2[C@@H]1[C@]1(O)CC[C@H](N3Cc4ccccc4C3=O)[C@@H]3Oc4c(O)ccc(C)c4[C@@]231. The molecule has 6 atom stereocenters. The van der Waals surface area contributed by atoms with E-state index in [-0.39, 0.29) is 35.8 Å². The maximum Gasteiger partial charge on any atom is 0.254 e. The van der Waals surface area contributed by atoms with Crippen LogP contribution in [0.2, 0.25) is 0 Å². The first-order chi connectivity index (χ1) is 15.9. The normalized spacial score (nSPS) is 37.6. The van der Waals surface area contributed by atoms with Crippen molar-refractivity contribution in [1.82, 2.24) is 9.80 Å². The number of likely N-dealkylation sites (tertiary alicyclic amines) is 1. The minimum absolute atomic E-state index is 0.0365. The third-order valence-corrected chi connectivity index (χ3v) is 9.23. The van der Waals surface area contributed by atoms with Crippen LogP contribution < -0.4 is 4.74 Å². The topological polar surface area (TPSA) is 73.2 Å². The molecule has 1 spiro atoms. The molecule has 3 fully saturated rings. The molecule has 0 radical (unpaired) electrons. The van der Waals surface area contributed by atoms with Crippen molar-refractivity contribution >= 4 is 5.91 Å². The van der Waals surface area contributed by atoms with Gasteiger partial charge in [-0.05, 0) is 43.0 Å². The first-order valence-electron chi connectivity index (χ1n) is 11.9. The van der Waals surface area contributed by atoms with Crippen molar-refractivity contribution in [3.05, 3.63) is 71.3 Å². The number of aliphatic hydroxyl groups is 1. The van der Waals surface area contributed by atoms with Crippen LogP contribution in [0.15, 0.2) is 49.1 Å². The van der Waals surface area contributed by atoms with Gasteiger partial charge in [0.05, 0.1) is 17.1 Å². The standard InChI is InChI=1S/C27H28N2O4/c1-3-12-28-14-18-23(28)26(32)11-10-19(29-13-16-6-4-5-7-17(16)25(29)31)24-27(18,26)21-15(2)8-9-20(30)22(21)33-24/h3-9,18-19,23-24,30,32H,1,10-14H2,2H3/t18?,19-,23+,24-,26+,27-/m0/s1. The lowest BCUT2D eigenvalue weighted by atomic mass is 9.35. The van der Waals surface area contributed by atoms with Crippen LogP contribution in [0.1, 0.15) is 39.9 Å². The summed E-state index contributed by atoms with van der Waals surface area (Å²) in [6.45, 7) is 8.09. The maximum atomic E-state index is 13.4. The molecule has 1 unspecified atom stereocenters. The van der Waals surface area contributed by atoms with E-state index in [0.717, 1.165) is 35.3 Å². The van der Waals surface area contributed by atoms with E-state index in [1.54, 1.807) is 6.07 Å². The molecular formula is C27H28N2O4. The zero-order valence-corrected chi connectivity index (χ0v) is 18.7. The first kappa shape index (κ1) is 19.6. The van der Waals surface area contributed by atoms with E-state index in [4.69, 9.17) is 4.74 Å². The van der Waals surface area contributed by atoms with Crippen LogP contribution >= 0.6 is 0 Å². The van der Waals surface area contributed by atoms with Gasteiger partial charge in [-0.15, -0.1) is 6.58 Å². The van der Waals surface area contributed by atoms with Gasteiger partial charge in [-0.2, -0.15) is 0 Å². The van der Waals surface area contributed by atoms with Gasteiger partial charge in [0.25, 0.3) is 5.91 Å². The average Bonchev–Trinajstić information content (AvgIpc) is 3.32. The molecule has 3 aliphatic heterocycles. The van der Waals surface area contributed by atoms with Crippen molar-refractivity contribution in [2.24, 2.45) is 5.92 Å². The molecule has 3 heterocycles. The highest BCUT2D eigenvalue weighted by Gasteiger charge is 2.85. The van der Waals surface area contributed by atoms with Crippen LogP contribution in [-0.2, 0) is 12.0 Å². The number of benzene rings is 2. The van der Waals surface area contributed by atoms with E-state index >= 15 is 0 Å². The third kappa shape index (κ3) is 2.02. The van der Waals surface area contributed by atoms with E-state index in [2.05, 4.69) is 11.5 Å². The van der Waals surface area contributed by atoms with Crippen molar-refractivity contribution < 1.29 is 19.7 Å². The smallest absolute Gasteiger partial charge is 0.254 e. The van der Waals surface area contributed by atoms with Gasteiger partial charge >= 0.3 is 0 Å². The molecular weight excluding hydrogens is 416 g/mol. The van der Waals surface area contributed by atoms with E-state index in [1.807, 2.05) is 48.2 Å². The van der Waals surface area contributed by atoms with Gasteiger partial charge in [-0.25, -0.2) is 0 Å². The van der Waals surface area contributed by atoms with Crippen molar-refractivity contribution in [3.8, 4) is 11.5 Å². The number of amides is 1. The molecule has 6 nitrogen and oxygen atoms in total. The Hall–Kier alpha value is -2.83. The molecule has 0 aromatic heterocycles. The summed E-state index contributed by atoms with van der Waals surface area (Å²) in [5.74, 6) is 0.865. The van der Waals surface area contributed by atoms with Crippen LogP contribution in [0.25, 0.3) is 0 Å². The van der Waals surface area contributed by atoms with Crippen molar-refractivity contribution in [1.29, 1.82) is 0 Å². The molecule has 170 valence electrons. The van der Waals surface area contributed by atoms with Gasteiger partial charge in [0.1, 0.15) is 6.10 Å². The highest BCUT2D eigenvalue weighted by Crippen LogP contribution is 2.73. The summed E-state index contributed by atoms with van der Waals surface area (Å²) < 4.78 is 6.59. The maximum absolute atomic E-state index is 13.4. The second kappa shape index (κ2) is 6.19. The van der Waals surface area contributed by atoms with Crippen LogP contribution in [-0.4, -0.2) is 62.8 Å². The lowest BCUT2D eigenvalue weighted by Gasteiger charge is -2.77. The van der Waals surface area contributed by atoms with Gasteiger partial charge in [-0.1, -0.05) is 30.3 Å². The number of phenolic OH excluding ortho intramolecular Hbond substituents is 1. The molecule has 2 aromatic rings. The molecule has 1 saturated heterocycles. The molecule has 2 N–H and O–H groups in total. The Morgan fingerprint density at radius 3 is 2.88 bits per heavy atom. The number of rotatable bonds is 3. The number of carbonyl (C=O) groups is 1. The fraction of sp³-hybridized carbons (Fsp3) is 0.444. The molecule has 7 rings (SSSR count). The molecule has 2 aliphatic carbocycles. The average molecular weight is 445 g/mol. The number of hydrogen-bond donors (Lipinski definition) is 2. The number of hydrogen-bond acceptors (Lipinski definition) is 5. The number of piperidine rings is 1. The second-order valence-corrected chi connectivity index (χ2v) is 10.4. The summed E-state index contributed by atoms with van der Waals surface area (Å²) >= 11 is 0. The zero-order valence-electron chi connectivity index (χ0n) is 18.7. The van der Waals surface area contributed by atoms with Crippen LogP contribution in [0.3, 0.4) is 0 Å². The first-order valence-corrected chi connectivity index (χ1v) is 11.9. The minimum Gasteiger partial charge on any atom is -0.504 e. The fourth-order valence-corrected chi connectivity index (χ4v) is 8.08. The largest absolute Gasteiger partial charge is 0.504 e. The highest BCUT2D eigenvalue weighted by atomic mass is 16.5. The number of carbonyl (C=O) groups excluding carboxylic acids is 1. The quantitative estimate of drug-likeness (QED) is 0.713. The van der Waals surface area contributed by atoms with Crippen LogP contribution in [0, 0.1) is 12.8 Å². The van der Waals surface area contributed by atoms with E-state index in [1.165, 1.54) is 0 Å². The van der Waals surface area contributed by atoms with Crippen molar-refractivity contribution in [2.45, 2.75) is 55.5 Å². The summed E-state index contributed by atoms with van der Waals surface area (Å²) in [6.07, 6.45) is 2.77. The van der Waals surface area contributed by atoms with Gasteiger partial charge in [0, 0.05) is 42.7 Å². The summed E-state index contributed by atoms with van der Waals surface area (Å²) in [5, 5.41) is 23.1. The van der Waals surface area contributed by atoms with Gasteiger partial charge < -0.3 is 19.8 Å². The molecule has 2 saturated carbocycles. The molecule has 33 heavy (non-hydrogen) atoms. The number of aromatic hydroxyl groups is 1. The summed E-state index contributed by atoms with van der Waals surface area (Å²) in [6, 6.07) is 11.3. The summed E-state index contributed by atoms with van der Waals surface area (Å²) in [5.41, 5.74) is 2.20. The Morgan fingerprint density at radius 2 is 2.09 bits per heavy atom. The van der Waals surface area contributed by atoms with E-state index in [0.29, 0.717) is 25.1 Å². The third-order valence-electron chi connectivity index (χ3n) is 9.23. The van der Waals surface area contributed by atoms with Gasteiger partial charge in [-0.3, -0.25) is 9.69 Å². The Labute approximate surface area is 193 Å². The Morgan fingerprint density at radius 1 is 1.27 bits per heavy atom. The predicted molar refractivity (Wildman–Crippen MR) is 122 cm³/mol. The van der Waals surface area contributed by atoms with E-state index < -0.39 is 11.0 Å². The monoisotopic (exact) mass is 444 g/mol. The number of aryl methyl sites for hydroxylation is 1. The van der Waals surface area contributed by atoms with Crippen molar-refractivity contribution in [3.63, 3.8) is 0 Å². The summed E-state index contributed by atoms with van der Waals surface area (Å²) in [4.78, 5) is 17.7. The lowest BCUT2D eigenvalue weighted by Crippen LogP contribution is -2.92. The summed E-state index contributed by atoms with van der Waals surface area (Å²) in [7, 11) is 0. The van der Waals surface area contributed by atoms with Crippen LogP contribution in [0.4, 0.5) is 0 Å². The van der Waals surface area contributed by atoms with E-state index in [9.17, 15) is 15.0 Å². The molecule has 5 aliphatic rings. The second-order valence-electron chi connectivity index (χ2n) is 10.4. The molecule has 0 bridgehead atoms. The Balaban J connectivity index is 1.36. The highest BCUT2D eigenvalue weighted by molar-refractivity contribution is 5.98. The lowest BCUT2D eigenvalue weighted by molar-refractivity contribution is -0.319. The number of fused-ring (bicyclic) bond motifs is 4. The molecule has 1 amide bonds. The molecule has 2 aromatic carbocycles.